The van der Waals surface area contributed by atoms with Crippen molar-refractivity contribution in [2.45, 2.75) is 32.9 Å². The summed E-state index contributed by atoms with van der Waals surface area (Å²) in [6, 6.07) is 9.83. The van der Waals surface area contributed by atoms with E-state index in [0.29, 0.717) is 18.4 Å². The van der Waals surface area contributed by atoms with Crippen LogP contribution in [0.3, 0.4) is 0 Å². The molecule has 1 amide bonds. The molecule has 1 saturated heterocycles. The van der Waals surface area contributed by atoms with E-state index in [1.54, 1.807) is 17.2 Å². The predicted molar refractivity (Wildman–Crippen MR) is 101 cm³/mol. The van der Waals surface area contributed by atoms with Crippen molar-refractivity contribution in [3.63, 3.8) is 0 Å². The molecule has 0 unspecified atom stereocenters. The largest absolute Gasteiger partial charge is 0.447 e. The molecule has 0 bridgehead atoms. The lowest BCUT2D eigenvalue weighted by molar-refractivity contribution is 0.177. The molecule has 0 radical (unpaired) electrons. The second-order valence-corrected chi connectivity index (χ2v) is 7.33. The predicted octanol–water partition coefficient (Wildman–Crippen LogP) is 4.39. The molecule has 1 aromatic carbocycles. The second kappa shape index (κ2) is 7.39. The van der Waals surface area contributed by atoms with Gasteiger partial charge in [0.2, 0.25) is 5.95 Å². The maximum atomic E-state index is 12.1. The van der Waals surface area contributed by atoms with Crippen LogP contribution in [-0.4, -0.2) is 28.7 Å². The third-order valence-electron chi connectivity index (χ3n) is 4.28. The van der Waals surface area contributed by atoms with E-state index >= 15 is 0 Å². The molecule has 25 heavy (non-hydrogen) atoms. The molecule has 1 fully saturated rings. The zero-order valence-electron chi connectivity index (χ0n) is 14.4. The van der Waals surface area contributed by atoms with E-state index in [4.69, 9.17) is 4.74 Å². The first-order valence-corrected chi connectivity index (χ1v) is 9.06. The fourth-order valence-corrected chi connectivity index (χ4v) is 3.04. The van der Waals surface area contributed by atoms with Crippen LogP contribution in [-0.2, 0) is 4.74 Å². The fourth-order valence-electron chi connectivity index (χ4n) is 2.77. The Morgan fingerprint density at radius 1 is 1.24 bits per heavy atom. The maximum absolute atomic E-state index is 12.1. The molecule has 0 aliphatic carbocycles. The number of ether oxygens (including phenoxy) is 1. The summed E-state index contributed by atoms with van der Waals surface area (Å²) >= 11 is 3.44. The van der Waals surface area contributed by atoms with E-state index < -0.39 is 0 Å². The molecular weight excluding hydrogens is 384 g/mol. The second-order valence-electron chi connectivity index (χ2n) is 6.41. The smallest absolute Gasteiger partial charge is 0.415 e. The van der Waals surface area contributed by atoms with Gasteiger partial charge in [0.1, 0.15) is 12.4 Å². The highest BCUT2D eigenvalue weighted by Crippen LogP contribution is 2.26. The summed E-state index contributed by atoms with van der Waals surface area (Å²) in [4.78, 5) is 22.5. The highest BCUT2D eigenvalue weighted by Gasteiger charge is 2.37. The van der Waals surface area contributed by atoms with Crippen molar-refractivity contribution in [3.05, 3.63) is 46.6 Å². The zero-order valence-corrected chi connectivity index (χ0v) is 16.0. The van der Waals surface area contributed by atoms with Gasteiger partial charge in [-0.2, -0.15) is 4.98 Å². The number of nitrogens with zero attached hydrogens (tertiary/aromatic N) is 3. The topological polar surface area (TPSA) is 67.3 Å². The van der Waals surface area contributed by atoms with E-state index in [1.807, 2.05) is 31.2 Å². The summed E-state index contributed by atoms with van der Waals surface area (Å²) in [5, 5.41) is 3.28. The van der Waals surface area contributed by atoms with Gasteiger partial charge in [0.25, 0.3) is 0 Å². The van der Waals surface area contributed by atoms with Crippen LogP contribution < -0.4 is 10.2 Å². The molecule has 2 atom stereocenters. The third-order valence-corrected chi connectivity index (χ3v) is 4.81. The number of carbonyl (C=O) groups excluding carboxylic acids is 1. The van der Waals surface area contributed by atoms with Gasteiger partial charge < -0.3 is 10.1 Å². The molecule has 132 valence electrons. The van der Waals surface area contributed by atoms with E-state index in [9.17, 15) is 4.79 Å². The summed E-state index contributed by atoms with van der Waals surface area (Å²) in [5.41, 5.74) is 1.12. The van der Waals surface area contributed by atoms with Crippen LogP contribution in [0.4, 0.5) is 16.6 Å². The van der Waals surface area contributed by atoms with E-state index in [1.165, 1.54) is 0 Å². The molecule has 3 rings (SSSR count). The highest BCUT2D eigenvalue weighted by atomic mass is 79.9. The summed E-state index contributed by atoms with van der Waals surface area (Å²) in [7, 11) is 0. The summed E-state index contributed by atoms with van der Waals surface area (Å²) in [6.07, 6.45) is 1.30. The van der Waals surface area contributed by atoms with Crippen molar-refractivity contribution >= 4 is 33.8 Å². The number of anilines is 2. The molecule has 1 aliphatic rings. The van der Waals surface area contributed by atoms with Gasteiger partial charge in [0, 0.05) is 10.7 Å². The highest BCUT2D eigenvalue weighted by molar-refractivity contribution is 9.10. The number of cyclic esters (lactones) is 1. The standard InChI is InChI=1S/C18H21BrN4O2/c1-11(2)15-10-25-18(24)23(15)16-8-9-20-17(22-16)21-12(3)13-4-6-14(19)7-5-13/h4-9,11-12,15H,10H2,1-3H3,(H,20,21,22)/t12-,15+/m0/s1. The van der Waals surface area contributed by atoms with Gasteiger partial charge in [-0.1, -0.05) is 41.9 Å². The lowest BCUT2D eigenvalue weighted by Crippen LogP contribution is -2.37. The number of halogens is 1. The number of amides is 1. The molecule has 1 aromatic heterocycles. The normalized spacial score (nSPS) is 18.4. The molecular formula is C18H21BrN4O2. The van der Waals surface area contributed by atoms with Crippen molar-refractivity contribution in [2.75, 3.05) is 16.8 Å². The van der Waals surface area contributed by atoms with Crippen molar-refractivity contribution < 1.29 is 9.53 Å². The molecule has 1 aliphatic heterocycles. The van der Waals surface area contributed by atoms with Crippen LogP contribution in [0.1, 0.15) is 32.4 Å². The fraction of sp³-hybridized carbons (Fsp3) is 0.389. The van der Waals surface area contributed by atoms with Crippen LogP contribution in [0.15, 0.2) is 41.0 Å². The number of rotatable bonds is 5. The van der Waals surface area contributed by atoms with Crippen LogP contribution >= 0.6 is 15.9 Å². The Morgan fingerprint density at radius 2 is 1.96 bits per heavy atom. The molecule has 2 heterocycles. The number of benzene rings is 1. The first-order chi connectivity index (χ1) is 12.0. The minimum absolute atomic E-state index is 0.0147. The molecule has 1 N–H and O–H groups in total. The van der Waals surface area contributed by atoms with Crippen molar-refractivity contribution in [3.8, 4) is 0 Å². The lowest BCUT2D eigenvalue weighted by atomic mass is 10.0. The molecule has 6 nitrogen and oxygen atoms in total. The number of carbonyl (C=O) groups is 1. The van der Waals surface area contributed by atoms with Gasteiger partial charge in [-0.05, 0) is 36.6 Å². The van der Waals surface area contributed by atoms with Crippen LogP contribution in [0.2, 0.25) is 0 Å². The Kier molecular flexibility index (Phi) is 5.22. The van der Waals surface area contributed by atoms with Crippen molar-refractivity contribution in [2.24, 2.45) is 5.92 Å². The van der Waals surface area contributed by atoms with Gasteiger partial charge in [0.05, 0.1) is 12.1 Å². The number of aromatic nitrogens is 2. The molecule has 0 saturated carbocycles. The first-order valence-electron chi connectivity index (χ1n) is 8.26. The lowest BCUT2D eigenvalue weighted by Gasteiger charge is -2.23. The number of hydrogen-bond acceptors (Lipinski definition) is 5. The van der Waals surface area contributed by atoms with Crippen LogP contribution in [0, 0.1) is 5.92 Å². The third kappa shape index (κ3) is 3.92. The number of nitrogens with one attached hydrogen (secondary N) is 1. The average Bonchev–Trinajstić information content (AvgIpc) is 2.97. The van der Waals surface area contributed by atoms with E-state index in [2.05, 4.69) is 45.1 Å². The minimum Gasteiger partial charge on any atom is -0.447 e. The molecule has 7 heteroatoms. The van der Waals surface area contributed by atoms with Gasteiger partial charge >= 0.3 is 6.09 Å². The Morgan fingerprint density at radius 3 is 2.64 bits per heavy atom. The Labute approximate surface area is 155 Å². The van der Waals surface area contributed by atoms with Gasteiger partial charge in [-0.15, -0.1) is 0 Å². The van der Waals surface area contributed by atoms with Crippen molar-refractivity contribution in [1.82, 2.24) is 9.97 Å². The number of hydrogen-bond donors (Lipinski definition) is 1. The average molecular weight is 405 g/mol. The Hall–Kier alpha value is -2.15. The van der Waals surface area contributed by atoms with E-state index in [-0.39, 0.29) is 24.1 Å². The SMILES string of the molecule is CC(C)[C@H]1COC(=O)N1c1ccnc(N[C@@H](C)c2ccc(Br)cc2)n1. The van der Waals surface area contributed by atoms with Gasteiger partial charge in [-0.25, -0.2) is 9.78 Å². The van der Waals surface area contributed by atoms with Gasteiger partial charge in [0.15, 0.2) is 0 Å². The summed E-state index contributed by atoms with van der Waals surface area (Å²) in [5.74, 6) is 1.32. The van der Waals surface area contributed by atoms with Crippen molar-refractivity contribution in [1.29, 1.82) is 0 Å². The molecule has 0 spiro atoms. The zero-order chi connectivity index (χ0) is 18.0. The van der Waals surface area contributed by atoms with Crippen LogP contribution in [0.25, 0.3) is 0 Å². The maximum Gasteiger partial charge on any atom is 0.415 e. The van der Waals surface area contributed by atoms with Crippen LogP contribution in [0.5, 0.6) is 0 Å². The Balaban J connectivity index is 1.79. The van der Waals surface area contributed by atoms with Gasteiger partial charge in [-0.3, -0.25) is 4.90 Å². The quantitative estimate of drug-likeness (QED) is 0.799. The van der Waals surface area contributed by atoms with E-state index in [0.717, 1.165) is 10.0 Å². The molecule has 2 aromatic rings. The Bertz CT molecular complexity index is 751. The summed E-state index contributed by atoms with van der Waals surface area (Å²) in [6.45, 7) is 6.56. The minimum atomic E-state index is -0.357. The monoisotopic (exact) mass is 404 g/mol. The first kappa shape index (κ1) is 17.7. The summed E-state index contributed by atoms with van der Waals surface area (Å²) < 4.78 is 6.23.